The molecule has 1 aliphatic rings. The van der Waals surface area contributed by atoms with Crippen molar-refractivity contribution >= 4 is 5.84 Å². The Hall–Kier alpha value is -0.530. The largest absolute Gasteiger partial charge is 0.363 e. The van der Waals surface area contributed by atoms with Crippen molar-refractivity contribution in [2.75, 3.05) is 13.6 Å². The van der Waals surface area contributed by atoms with Gasteiger partial charge in [0.15, 0.2) is 0 Å². The van der Waals surface area contributed by atoms with Crippen LogP contribution in [0.5, 0.6) is 0 Å². The first kappa shape index (κ1) is 11.5. The van der Waals surface area contributed by atoms with E-state index in [-0.39, 0.29) is 0 Å². The molecule has 0 aromatic heterocycles. The van der Waals surface area contributed by atoms with Crippen LogP contribution in [0.4, 0.5) is 0 Å². The lowest BCUT2D eigenvalue weighted by Gasteiger charge is -2.23. The van der Waals surface area contributed by atoms with E-state index < -0.39 is 0 Å². The van der Waals surface area contributed by atoms with Gasteiger partial charge in [0.25, 0.3) is 0 Å². The fraction of sp³-hybridized carbons (Fsp3) is 0.917. The number of hydrogen-bond acceptors (Lipinski definition) is 1. The minimum absolute atomic E-state index is 0.571. The maximum Gasteiger partial charge on any atom is 0.0986 e. The first-order valence-electron chi connectivity index (χ1n) is 6.05. The van der Waals surface area contributed by atoms with Gasteiger partial charge in [-0.15, -0.1) is 0 Å². The predicted octanol–water partition coefficient (Wildman–Crippen LogP) is 3.28. The zero-order valence-electron chi connectivity index (χ0n) is 9.68. The summed E-state index contributed by atoms with van der Waals surface area (Å²) in [6.45, 7) is 3.30. The van der Waals surface area contributed by atoms with E-state index in [4.69, 9.17) is 5.41 Å². The number of rotatable bonds is 5. The molecule has 14 heavy (non-hydrogen) atoms. The summed E-state index contributed by atoms with van der Waals surface area (Å²) >= 11 is 0. The maximum atomic E-state index is 8.05. The second-order valence-electron chi connectivity index (χ2n) is 4.50. The second-order valence-corrected chi connectivity index (χ2v) is 4.50. The van der Waals surface area contributed by atoms with Crippen LogP contribution < -0.4 is 0 Å². The summed E-state index contributed by atoms with van der Waals surface area (Å²) in [6, 6.07) is 0. The Kier molecular flexibility index (Phi) is 4.99. The van der Waals surface area contributed by atoms with E-state index in [0.717, 1.165) is 12.4 Å². The molecule has 1 N–H and O–H groups in total. The van der Waals surface area contributed by atoms with Crippen LogP contribution in [0.25, 0.3) is 0 Å². The van der Waals surface area contributed by atoms with Crippen molar-refractivity contribution in [3.8, 4) is 0 Å². The Morgan fingerprint density at radius 2 is 1.93 bits per heavy atom. The van der Waals surface area contributed by atoms with Gasteiger partial charge in [0, 0.05) is 19.5 Å². The van der Waals surface area contributed by atoms with Gasteiger partial charge in [0.2, 0.25) is 0 Å². The zero-order valence-corrected chi connectivity index (χ0v) is 9.68. The van der Waals surface area contributed by atoms with Crippen molar-refractivity contribution in [2.24, 2.45) is 5.92 Å². The molecular formula is C12H24N2. The molecule has 0 aromatic carbocycles. The molecule has 0 amide bonds. The average Bonchev–Trinajstić information content (AvgIpc) is 2.69. The van der Waals surface area contributed by atoms with Crippen LogP contribution in [0.2, 0.25) is 0 Å². The van der Waals surface area contributed by atoms with Gasteiger partial charge in [-0.05, 0) is 19.3 Å². The van der Waals surface area contributed by atoms with Crippen molar-refractivity contribution in [2.45, 2.75) is 51.9 Å². The van der Waals surface area contributed by atoms with Gasteiger partial charge in [-0.25, -0.2) is 0 Å². The quantitative estimate of drug-likeness (QED) is 0.408. The van der Waals surface area contributed by atoms with Gasteiger partial charge >= 0.3 is 0 Å². The van der Waals surface area contributed by atoms with Crippen LogP contribution in [0, 0.1) is 11.3 Å². The highest BCUT2D eigenvalue weighted by Crippen LogP contribution is 2.26. The summed E-state index contributed by atoms with van der Waals surface area (Å²) in [6.07, 6.45) is 8.95. The number of nitrogens with zero attached hydrogens (tertiary/aromatic N) is 1. The highest BCUT2D eigenvalue weighted by molar-refractivity contribution is 5.81. The van der Waals surface area contributed by atoms with Crippen LogP contribution in [0.3, 0.4) is 0 Å². The molecule has 0 aliphatic heterocycles. The van der Waals surface area contributed by atoms with Gasteiger partial charge < -0.3 is 4.90 Å². The Labute approximate surface area is 88.2 Å². The molecule has 0 saturated heterocycles. The van der Waals surface area contributed by atoms with Crippen LogP contribution in [-0.2, 0) is 0 Å². The van der Waals surface area contributed by atoms with Gasteiger partial charge in [-0.2, -0.15) is 0 Å². The molecule has 0 atom stereocenters. The summed E-state index contributed by atoms with van der Waals surface area (Å²) in [5, 5.41) is 8.05. The number of amidine groups is 1. The standard InChI is InChI=1S/C12H24N2/c1-3-4-7-10-14(2)12(13)11-8-5-6-9-11/h11,13H,3-10H2,1-2H3. The van der Waals surface area contributed by atoms with E-state index in [2.05, 4.69) is 18.9 Å². The van der Waals surface area contributed by atoms with E-state index in [9.17, 15) is 0 Å². The highest BCUT2D eigenvalue weighted by atomic mass is 15.1. The fourth-order valence-electron chi connectivity index (χ4n) is 2.23. The predicted molar refractivity (Wildman–Crippen MR) is 61.8 cm³/mol. The molecule has 0 heterocycles. The third kappa shape index (κ3) is 3.32. The lowest BCUT2D eigenvalue weighted by Crippen LogP contribution is -2.31. The van der Waals surface area contributed by atoms with Crippen molar-refractivity contribution < 1.29 is 0 Å². The van der Waals surface area contributed by atoms with Gasteiger partial charge in [-0.1, -0.05) is 32.6 Å². The Bertz CT molecular complexity index is 171. The van der Waals surface area contributed by atoms with Crippen molar-refractivity contribution in [3.63, 3.8) is 0 Å². The molecule has 0 radical (unpaired) electrons. The Balaban J connectivity index is 2.21. The minimum Gasteiger partial charge on any atom is -0.363 e. The molecule has 1 saturated carbocycles. The molecule has 0 unspecified atom stereocenters. The van der Waals surface area contributed by atoms with E-state index in [1.165, 1.54) is 44.9 Å². The first-order chi connectivity index (χ1) is 6.75. The topological polar surface area (TPSA) is 27.1 Å². The van der Waals surface area contributed by atoms with Crippen LogP contribution >= 0.6 is 0 Å². The molecule has 0 aromatic rings. The van der Waals surface area contributed by atoms with Crippen LogP contribution in [0.15, 0.2) is 0 Å². The molecule has 1 rings (SSSR count). The second kappa shape index (κ2) is 6.05. The summed E-state index contributed by atoms with van der Waals surface area (Å²) < 4.78 is 0. The van der Waals surface area contributed by atoms with E-state index in [1.54, 1.807) is 0 Å². The normalized spacial score (nSPS) is 17.3. The lowest BCUT2D eigenvalue weighted by atomic mass is 10.1. The maximum absolute atomic E-state index is 8.05. The smallest absolute Gasteiger partial charge is 0.0986 e. The zero-order chi connectivity index (χ0) is 10.4. The number of unbranched alkanes of at least 4 members (excludes halogenated alkanes) is 2. The van der Waals surface area contributed by atoms with Crippen molar-refractivity contribution in [1.82, 2.24) is 4.90 Å². The summed E-state index contributed by atoms with van der Waals surface area (Å²) in [7, 11) is 2.08. The minimum atomic E-state index is 0.571. The van der Waals surface area contributed by atoms with Gasteiger partial charge in [0.1, 0.15) is 0 Å². The molecule has 2 heteroatoms. The van der Waals surface area contributed by atoms with Crippen molar-refractivity contribution in [1.29, 1.82) is 5.41 Å². The monoisotopic (exact) mass is 196 g/mol. The third-order valence-corrected chi connectivity index (χ3v) is 3.25. The highest BCUT2D eigenvalue weighted by Gasteiger charge is 2.21. The molecule has 2 nitrogen and oxygen atoms in total. The van der Waals surface area contributed by atoms with E-state index in [1.807, 2.05) is 0 Å². The molecule has 0 bridgehead atoms. The van der Waals surface area contributed by atoms with Crippen molar-refractivity contribution in [3.05, 3.63) is 0 Å². The van der Waals surface area contributed by atoms with E-state index in [0.29, 0.717) is 5.92 Å². The molecule has 1 fully saturated rings. The first-order valence-corrected chi connectivity index (χ1v) is 6.05. The Morgan fingerprint density at radius 3 is 2.50 bits per heavy atom. The molecule has 0 spiro atoms. The summed E-state index contributed by atoms with van der Waals surface area (Å²) in [5.41, 5.74) is 0. The Morgan fingerprint density at radius 1 is 1.29 bits per heavy atom. The summed E-state index contributed by atoms with van der Waals surface area (Å²) in [4.78, 5) is 2.16. The number of nitrogens with one attached hydrogen (secondary N) is 1. The van der Waals surface area contributed by atoms with Crippen LogP contribution in [0.1, 0.15) is 51.9 Å². The average molecular weight is 196 g/mol. The van der Waals surface area contributed by atoms with Gasteiger partial charge in [-0.3, -0.25) is 5.41 Å². The lowest BCUT2D eigenvalue weighted by molar-refractivity contribution is 0.441. The number of hydrogen-bond donors (Lipinski definition) is 1. The molecule has 82 valence electrons. The molecule has 1 aliphatic carbocycles. The summed E-state index contributed by atoms with van der Waals surface area (Å²) in [5.74, 6) is 1.46. The van der Waals surface area contributed by atoms with Crippen LogP contribution in [-0.4, -0.2) is 24.3 Å². The van der Waals surface area contributed by atoms with E-state index >= 15 is 0 Å². The third-order valence-electron chi connectivity index (χ3n) is 3.25. The fourth-order valence-corrected chi connectivity index (χ4v) is 2.23. The van der Waals surface area contributed by atoms with Gasteiger partial charge in [0.05, 0.1) is 5.84 Å². The molecular weight excluding hydrogens is 172 g/mol. The SMILES string of the molecule is CCCCCN(C)C(=N)C1CCCC1.